The lowest BCUT2D eigenvalue weighted by atomic mass is 9.85. The van der Waals surface area contributed by atoms with Crippen LogP contribution >= 0.6 is 0 Å². The zero-order valence-electron chi connectivity index (χ0n) is 6.68. The molecule has 2 rings (SSSR count). The van der Waals surface area contributed by atoms with Gasteiger partial charge in [0.15, 0.2) is 0 Å². The van der Waals surface area contributed by atoms with Crippen LogP contribution in [0.1, 0.15) is 39.0 Å². The van der Waals surface area contributed by atoms with Gasteiger partial charge in [0.25, 0.3) is 0 Å². The molecule has 0 amide bonds. The Labute approximate surface area is 62.8 Å². The Morgan fingerprint density at radius 1 is 1.10 bits per heavy atom. The highest BCUT2D eigenvalue weighted by atomic mass is 16.5. The molecule has 0 radical (unpaired) electrons. The van der Waals surface area contributed by atoms with Crippen LogP contribution in [0.3, 0.4) is 0 Å². The zero-order valence-corrected chi connectivity index (χ0v) is 6.68. The van der Waals surface area contributed by atoms with Crippen molar-refractivity contribution in [2.24, 2.45) is 5.92 Å². The lowest BCUT2D eigenvalue weighted by Crippen LogP contribution is -2.35. The Morgan fingerprint density at radius 3 is 2.30 bits per heavy atom. The molecule has 0 aromatic heterocycles. The molecule has 2 aliphatic heterocycles. The number of hydrogen-bond acceptors (Lipinski definition) is 1. The van der Waals surface area contributed by atoms with E-state index in [9.17, 15) is 0 Å². The maximum Gasteiger partial charge on any atom is 0.0581 e. The van der Waals surface area contributed by atoms with E-state index in [2.05, 4.69) is 6.92 Å². The van der Waals surface area contributed by atoms with E-state index >= 15 is 0 Å². The molecule has 2 saturated heterocycles. The van der Waals surface area contributed by atoms with Crippen LogP contribution in [0.15, 0.2) is 0 Å². The maximum atomic E-state index is 5.79. The summed E-state index contributed by atoms with van der Waals surface area (Å²) in [5.74, 6) is 0.920. The molecule has 2 heterocycles. The molecule has 10 heavy (non-hydrogen) atoms. The van der Waals surface area contributed by atoms with E-state index in [0.29, 0.717) is 12.2 Å². The molecule has 1 nitrogen and oxygen atoms in total. The SMILES string of the molecule is CC1CC2CCCC(C1)O2. The van der Waals surface area contributed by atoms with E-state index in [-0.39, 0.29) is 0 Å². The third-order valence-electron chi connectivity index (χ3n) is 2.77. The molecule has 0 aromatic carbocycles. The van der Waals surface area contributed by atoms with Gasteiger partial charge in [-0.05, 0) is 38.0 Å². The number of hydrogen-bond donors (Lipinski definition) is 0. The first-order valence-corrected chi connectivity index (χ1v) is 4.50. The normalized spacial score (nSPS) is 47.1. The van der Waals surface area contributed by atoms with Gasteiger partial charge in [0, 0.05) is 0 Å². The molecule has 2 bridgehead atoms. The number of fused-ring (bicyclic) bond motifs is 2. The van der Waals surface area contributed by atoms with Crippen molar-refractivity contribution in [1.82, 2.24) is 0 Å². The second-order valence-electron chi connectivity index (χ2n) is 3.89. The molecular formula is C9H16O. The minimum Gasteiger partial charge on any atom is -0.375 e. The monoisotopic (exact) mass is 140 g/mol. The standard InChI is InChI=1S/C9H16O/c1-7-5-8-3-2-4-9(6-7)10-8/h7-9H,2-6H2,1H3. The fraction of sp³-hybridized carbons (Fsp3) is 1.00. The highest BCUT2D eigenvalue weighted by Gasteiger charge is 2.29. The van der Waals surface area contributed by atoms with Gasteiger partial charge in [-0.15, -0.1) is 0 Å². The van der Waals surface area contributed by atoms with Crippen molar-refractivity contribution in [3.8, 4) is 0 Å². The van der Waals surface area contributed by atoms with Crippen molar-refractivity contribution in [3.63, 3.8) is 0 Å². The molecule has 2 unspecified atom stereocenters. The van der Waals surface area contributed by atoms with E-state index in [1.807, 2.05) is 0 Å². The van der Waals surface area contributed by atoms with E-state index in [1.54, 1.807) is 0 Å². The van der Waals surface area contributed by atoms with Crippen molar-refractivity contribution in [2.45, 2.75) is 51.2 Å². The summed E-state index contributed by atoms with van der Waals surface area (Å²) < 4.78 is 5.79. The Kier molecular flexibility index (Phi) is 1.69. The Balaban J connectivity index is 1.98. The molecular weight excluding hydrogens is 124 g/mol. The van der Waals surface area contributed by atoms with Gasteiger partial charge in [0.05, 0.1) is 12.2 Å². The largest absolute Gasteiger partial charge is 0.375 e. The molecule has 2 atom stereocenters. The smallest absolute Gasteiger partial charge is 0.0581 e. The van der Waals surface area contributed by atoms with Gasteiger partial charge >= 0.3 is 0 Å². The quantitative estimate of drug-likeness (QED) is 0.502. The van der Waals surface area contributed by atoms with Crippen LogP contribution in [0.25, 0.3) is 0 Å². The van der Waals surface area contributed by atoms with Crippen molar-refractivity contribution < 1.29 is 4.74 Å². The van der Waals surface area contributed by atoms with Gasteiger partial charge in [0.1, 0.15) is 0 Å². The predicted octanol–water partition coefficient (Wildman–Crippen LogP) is 2.35. The van der Waals surface area contributed by atoms with Gasteiger partial charge in [-0.3, -0.25) is 0 Å². The third-order valence-corrected chi connectivity index (χ3v) is 2.77. The van der Waals surface area contributed by atoms with Crippen LogP contribution in [-0.2, 0) is 4.74 Å². The molecule has 2 fully saturated rings. The van der Waals surface area contributed by atoms with Crippen LogP contribution in [0.2, 0.25) is 0 Å². The van der Waals surface area contributed by atoms with E-state index in [1.165, 1.54) is 32.1 Å². The predicted molar refractivity (Wildman–Crippen MR) is 40.9 cm³/mol. The molecule has 58 valence electrons. The summed E-state index contributed by atoms with van der Waals surface area (Å²) in [5, 5.41) is 0. The van der Waals surface area contributed by atoms with Crippen LogP contribution in [0.4, 0.5) is 0 Å². The lowest BCUT2D eigenvalue weighted by molar-refractivity contribution is -0.0987. The number of rotatable bonds is 0. The average Bonchev–Trinajstić information content (AvgIpc) is 1.85. The maximum absolute atomic E-state index is 5.79. The number of ether oxygens (including phenoxy) is 1. The highest BCUT2D eigenvalue weighted by molar-refractivity contribution is 4.79. The first-order chi connectivity index (χ1) is 4.84. The van der Waals surface area contributed by atoms with E-state index in [0.717, 1.165) is 5.92 Å². The zero-order chi connectivity index (χ0) is 6.97. The average molecular weight is 140 g/mol. The molecule has 0 aromatic rings. The van der Waals surface area contributed by atoms with Crippen LogP contribution in [0, 0.1) is 5.92 Å². The van der Waals surface area contributed by atoms with Gasteiger partial charge in [-0.25, -0.2) is 0 Å². The minimum atomic E-state index is 0.627. The molecule has 0 aliphatic carbocycles. The summed E-state index contributed by atoms with van der Waals surface area (Å²) in [6, 6.07) is 0. The minimum absolute atomic E-state index is 0.627. The Morgan fingerprint density at radius 2 is 1.70 bits per heavy atom. The summed E-state index contributed by atoms with van der Waals surface area (Å²) in [6.07, 6.45) is 7.93. The summed E-state index contributed by atoms with van der Waals surface area (Å²) in [7, 11) is 0. The summed E-state index contributed by atoms with van der Waals surface area (Å²) in [6.45, 7) is 2.36. The fourth-order valence-electron chi connectivity index (χ4n) is 2.32. The van der Waals surface area contributed by atoms with Gasteiger partial charge in [0.2, 0.25) is 0 Å². The summed E-state index contributed by atoms with van der Waals surface area (Å²) in [5.41, 5.74) is 0. The van der Waals surface area contributed by atoms with Crippen LogP contribution in [0.5, 0.6) is 0 Å². The van der Waals surface area contributed by atoms with Gasteiger partial charge in [-0.2, -0.15) is 0 Å². The topological polar surface area (TPSA) is 9.23 Å². The lowest BCUT2D eigenvalue weighted by Gasteiger charge is -2.38. The molecule has 2 aliphatic rings. The fourth-order valence-corrected chi connectivity index (χ4v) is 2.32. The molecule has 0 N–H and O–H groups in total. The van der Waals surface area contributed by atoms with Crippen LogP contribution in [-0.4, -0.2) is 12.2 Å². The molecule has 0 saturated carbocycles. The Bertz CT molecular complexity index is 106. The van der Waals surface area contributed by atoms with Crippen molar-refractivity contribution in [2.75, 3.05) is 0 Å². The third kappa shape index (κ3) is 1.20. The van der Waals surface area contributed by atoms with E-state index in [4.69, 9.17) is 4.74 Å². The first-order valence-electron chi connectivity index (χ1n) is 4.50. The van der Waals surface area contributed by atoms with Gasteiger partial charge in [-0.1, -0.05) is 6.92 Å². The summed E-state index contributed by atoms with van der Waals surface area (Å²) >= 11 is 0. The first kappa shape index (κ1) is 6.66. The Hall–Kier alpha value is -0.0400. The highest BCUT2D eigenvalue weighted by Crippen LogP contribution is 2.33. The molecule has 1 heteroatoms. The van der Waals surface area contributed by atoms with Crippen molar-refractivity contribution in [3.05, 3.63) is 0 Å². The second-order valence-corrected chi connectivity index (χ2v) is 3.89. The van der Waals surface area contributed by atoms with Crippen molar-refractivity contribution in [1.29, 1.82) is 0 Å². The van der Waals surface area contributed by atoms with Crippen molar-refractivity contribution >= 4 is 0 Å². The van der Waals surface area contributed by atoms with E-state index < -0.39 is 0 Å². The van der Waals surface area contributed by atoms with Gasteiger partial charge < -0.3 is 4.74 Å². The summed E-state index contributed by atoms with van der Waals surface area (Å²) in [4.78, 5) is 0. The second kappa shape index (κ2) is 2.54. The molecule has 0 spiro atoms. The van der Waals surface area contributed by atoms with Crippen LogP contribution < -0.4 is 0 Å².